The molecule has 0 aromatic carbocycles. The number of hydrogen-bond acceptors (Lipinski definition) is 4. The van der Waals surface area contributed by atoms with Gasteiger partial charge in [-0.3, -0.25) is 0 Å². The monoisotopic (exact) mass is 246 g/mol. The van der Waals surface area contributed by atoms with E-state index < -0.39 is 6.80 Å². The second kappa shape index (κ2) is 9.92. The third-order valence-corrected chi connectivity index (χ3v) is 3.55. The molecule has 0 amide bonds. The van der Waals surface area contributed by atoms with Crippen LogP contribution in [0.4, 0.5) is 0 Å². The van der Waals surface area contributed by atoms with Gasteiger partial charge in [-0.05, 0) is 17.9 Å². The van der Waals surface area contributed by atoms with E-state index in [9.17, 15) is 4.57 Å². The lowest BCUT2D eigenvalue weighted by Gasteiger charge is -2.05. The molecule has 0 saturated heterocycles. The number of likely N-dealkylation sites (N-methyl/N-ethyl adjacent to an activating group) is 1. The summed E-state index contributed by atoms with van der Waals surface area (Å²) >= 11 is 0.681. The molecule has 0 saturated carbocycles. The minimum atomic E-state index is -3.87. The first-order chi connectivity index (χ1) is 6.06. The van der Waals surface area contributed by atoms with Crippen LogP contribution in [0.25, 0.3) is 0 Å². The highest BCUT2D eigenvalue weighted by molar-refractivity contribution is 8.54. The Hall–Kier alpha value is 0.380. The topological polar surface area (TPSA) is 113 Å². The molecule has 6 nitrogen and oxygen atoms in total. The highest BCUT2D eigenvalue weighted by atomic mass is 32.7. The summed E-state index contributed by atoms with van der Waals surface area (Å²) in [7, 11) is 0. The zero-order chi connectivity index (χ0) is 10.2. The fourth-order valence-corrected chi connectivity index (χ4v) is 2.18. The van der Waals surface area contributed by atoms with Crippen LogP contribution < -0.4 is 10.6 Å². The summed E-state index contributed by atoms with van der Waals surface area (Å²) < 4.78 is 10.4. The van der Waals surface area contributed by atoms with E-state index >= 15 is 0 Å². The lowest BCUT2D eigenvalue weighted by atomic mass is 10.5. The molecule has 0 unspecified atom stereocenters. The van der Waals surface area contributed by atoms with Crippen molar-refractivity contribution in [1.82, 2.24) is 10.6 Å². The average Bonchev–Trinajstić information content (AvgIpc) is 2.01. The lowest BCUT2D eigenvalue weighted by Crippen LogP contribution is -2.28. The van der Waals surface area contributed by atoms with E-state index in [1.165, 1.54) is 0 Å². The highest BCUT2D eigenvalue weighted by Gasteiger charge is 2.11. The van der Waals surface area contributed by atoms with Crippen molar-refractivity contribution in [3.63, 3.8) is 0 Å². The average molecular weight is 246 g/mol. The van der Waals surface area contributed by atoms with Gasteiger partial charge in [-0.1, -0.05) is 6.92 Å². The molecule has 8 heteroatoms. The van der Waals surface area contributed by atoms with Crippen LogP contribution in [-0.2, 0) is 4.57 Å². The Kier molecular flexibility index (Phi) is 11.9. The molecule has 14 heavy (non-hydrogen) atoms. The normalized spacial score (nSPS) is 11.1. The Bertz CT molecular complexity index is 166. The van der Waals surface area contributed by atoms with Gasteiger partial charge >= 0.3 is 6.80 Å². The molecule has 0 heterocycles. The highest BCUT2D eigenvalue weighted by Crippen LogP contribution is 2.49. The van der Waals surface area contributed by atoms with Gasteiger partial charge in [0.15, 0.2) is 0 Å². The predicted octanol–water partition coefficient (Wildman–Crippen LogP) is -0.813. The van der Waals surface area contributed by atoms with Crippen LogP contribution in [0.1, 0.15) is 6.92 Å². The van der Waals surface area contributed by atoms with Crippen molar-refractivity contribution in [2.24, 2.45) is 0 Å². The van der Waals surface area contributed by atoms with Crippen molar-refractivity contribution < 1.29 is 19.8 Å². The first kappa shape index (κ1) is 16.8. The van der Waals surface area contributed by atoms with Gasteiger partial charge in [-0.15, -0.1) is 0 Å². The van der Waals surface area contributed by atoms with Crippen molar-refractivity contribution in [3.8, 4) is 0 Å². The van der Waals surface area contributed by atoms with Crippen LogP contribution >= 0.6 is 18.2 Å². The zero-order valence-corrected chi connectivity index (χ0v) is 9.90. The van der Waals surface area contributed by atoms with Gasteiger partial charge in [0.1, 0.15) is 0 Å². The van der Waals surface area contributed by atoms with E-state index in [0.29, 0.717) is 23.7 Å². The Labute approximate surface area is 88.1 Å². The van der Waals surface area contributed by atoms with Gasteiger partial charge in [0.2, 0.25) is 0 Å². The molecule has 0 aromatic rings. The second-order valence-electron chi connectivity index (χ2n) is 2.43. The minimum Gasteiger partial charge on any atom is -0.412 e. The van der Waals surface area contributed by atoms with Crippen LogP contribution in [-0.4, -0.2) is 47.2 Å². The molecular formula is C6H19N2O4PS. The SMILES string of the molecule is CCNCCNCCSP(=O)(O)O.O. The van der Waals surface area contributed by atoms with Gasteiger partial charge in [-0.25, -0.2) is 4.57 Å². The van der Waals surface area contributed by atoms with Gasteiger partial charge in [0.25, 0.3) is 0 Å². The first-order valence-corrected chi connectivity index (χ1v) is 7.38. The van der Waals surface area contributed by atoms with Gasteiger partial charge in [-0.2, -0.15) is 0 Å². The van der Waals surface area contributed by atoms with Crippen LogP contribution in [0.3, 0.4) is 0 Å². The van der Waals surface area contributed by atoms with Crippen molar-refractivity contribution in [3.05, 3.63) is 0 Å². The predicted molar refractivity (Wildman–Crippen MR) is 59.5 cm³/mol. The summed E-state index contributed by atoms with van der Waals surface area (Å²) in [6.45, 7) is 1.45. The van der Waals surface area contributed by atoms with Crippen molar-refractivity contribution >= 4 is 18.2 Å². The van der Waals surface area contributed by atoms with E-state index in [2.05, 4.69) is 10.6 Å². The summed E-state index contributed by atoms with van der Waals surface area (Å²) in [5.41, 5.74) is 0. The summed E-state index contributed by atoms with van der Waals surface area (Å²) in [4.78, 5) is 17.0. The maximum atomic E-state index is 10.4. The zero-order valence-electron chi connectivity index (χ0n) is 8.19. The van der Waals surface area contributed by atoms with E-state index in [1.54, 1.807) is 0 Å². The maximum Gasteiger partial charge on any atom is 0.384 e. The lowest BCUT2D eigenvalue weighted by molar-refractivity contribution is 0.397. The van der Waals surface area contributed by atoms with Gasteiger partial charge in [0.05, 0.1) is 0 Å². The molecule has 0 aliphatic rings. The van der Waals surface area contributed by atoms with Crippen LogP contribution in [0.2, 0.25) is 0 Å². The molecule has 0 fully saturated rings. The molecule has 0 bridgehead atoms. The molecule has 6 N–H and O–H groups in total. The third kappa shape index (κ3) is 14.9. The Morgan fingerprint density at radius 3 is 2.29 bits per heavy atom. The summed E-state index contributed by atoms with van der Waals surface area (Å²) in [6, 6.07) is 0. The Morgan fingerprint density at radius 2 is 1.79 bits per heavy atom. The summed E-state index contributed by atoms with van der Waals surface area (Å²) in [5, 5.41) is 6.20. The Balaban J connectivity index is 0. The van der Waals surface area contributed by atoms with E-state index in [4.69, 9.17) is 9.79 Å². The van der Waals surface area contributed by atoms with Crippen molar-refractivity contribution in [2.75, 3.05) is 31.9 Å². The quantitative estimate of drug-likeness (QED) is 0.329. The molecule has 0 aliphatic heterocycles. The summed E-state index contributed by atoms with van der Waals surface area (Å²) in [6.07, 6.45) is 0. The Morgan fingerprint density at radius 1 is 1.21 bits per heavy atom. The fourth-order valence-electron chi connectivity index (χ4n) is 0.715. The van der Waals surface area contributed by atoms with Crippen LogP contribution in [0.5, 0.6) is 0 Å². The van der Waals surface area contributed by atoms with Crippen molar-refractivity contribution in [1.29, 1.82) is 0 Å². The largest absolute Gasteiger partial charge is 0.412 e. The summed E-state index contributed by atoms with van der Waals surface area (Å²) in [5.74, 6) is 0.441. The standard InChI is InChI=1S/C6H17N2O3PS.H2O/c1-2-7-3-4-8-5-6-13-12(9,10)11;/h7-8H,2-6H2,1H3,(H2,9,10,11);1H2. The molecular weight excluding hydrogens is 227 g/mol. The molecule has 0 atom stereocenters. The van der Waals surface area contributed by atoms with E-state index in [0.717, 1.165) is 19.6 Å². The molecule has 0 rings (SSSR count). The molecule has 0 aromatic heterocycles. The number of nitrogens with one attached hydrogen (secondary N) is 2. The maximum absolute atomic E-state index is 10.4. The van der Waals surface area contributed by atoms with Crippen molar-refractivity contribution in [2.45, 2.75) is 6.92 Å². The molecule has 88 valence electrons. The number of hydrogen-bond donors (Lipinski definition) is 4. The third-order valence-electron chi connectivity index (χ3n) is 1.27. The second-order valence-corrected chi connectivity index (χ2v) is 6.28. The first-order valence-electron chi connectivity index (χ1n) is 4.18. The molecule has 0 radical (unpaired) electrons. The van der Waals surface area contributed by atoms with E-state index in [1.807, 2.05) is 6.92 Å². The van der Waals surface area contributed by atoms with Gasteiger partial charge in [0, 0.05) is 25.4 Å². The fraction of sp³-hybridized carbons (Fsp3) is 1.00. The number of rotatable bonds is 8. The smallest absolute Gasteiger partial charge is 0.384 e. The molecule has 0 aliphatic carbocycles. The molecule has 0 spiro atoms. The van der Waals surface area contributed by atoms with Gasteiger partial charge < -0.3 is 25.9 Å². The van der Waals surface area contributed by atoms with Crippen LogP contribution in [0.15, 0.2) is 0 Å². The van der Waals surface area contributed by atoms with Crippen LogP contribution in [0, 0.1) is 0 Å². The minimum absolute atomic E-state index is 0. The van der Waals surface area contributed by atoms with E-state index in [-0.39, 0.29) is 5.48 Å².